The Morgan fingerprint density at radius 2 is 1.96 bits per heavy atom. The minimum atomic E-state index is -0.0743. The second-order valence-electron chi connectivity index (χ2n) is 7.83. The van der Waals surface area contributed by atoms with E-state index in [-0.39, 0.29) is 12.1 Å². The number of rotatable bonds is 2. The van der Waals surface area contributed by atoms with Crippen LogP contribution in [0, 0.1) is 11.8 Å². The molecule has 128 valence electrons. The fourth-order valence-corrected chi connectivity index (χ4v) is 5.46. The molecule has 0 radical (unpaired) electrons. The second kappa shape index (κ2) is 6.08. The fraction of sp³-hybridized carbons (Fsp3) is 0.889. The summed E-state index contributed by atoms with van der Waals surface area (Å²) in [5, 5.41) is 0. The Bertz CT molecular complexity index is 495. The standard InChI is InChI=1S/C18H28N2O3/c1-2-18(22)23-14-6-7-15-13-8-12(9-19(15)11-14)16-4-3-5-17(21)20(16)10-13/h12-16H,2-11H2,1H3/t12?,13?,14-,15?,16?/m0/s1. The van der Waals surface area contributed by atoms with Crippen LogP contribution < -0.4 is 0 Å². The summed E-state index contributed by atoms with van der Waals surface area (Å²) >= 11 is 0. The van der Waals surface area contributed by atoms with Gasteiger partial charge in [0.2, 0.25) is 5.91 Å². The van der Waals surface area contributed by atoms with E-state index in [1.165, 1.54) is 12.8 Å². The maximum atomic E-state index is 12.3. The molecule has 4 unspecified atom stereocenters. The van der Waals surface area contributed by atoms with Crippen LogP contribution in [-0.2, 0) is 14.3 Å². The molecule has 0 aromatic heterocycles. The van der Waals surface area contributed by atoms with Gasteiger partial charge in [-0.2, -0.15) is 0 Å². The summed E-state index contributed by atoms with van der Waals surface area (Å²) in [7, 11) is 0. The smallest absolute Gasteiger partial charge is 0.305 e. The third-order valence-electron chi connectivity index (χ3n) is 6.48. The van der Waals surface area contributed by atoms with Gasteiger partial charge in [-0.15, -0.1) is 0 Å². The van der Waals surface area contributed by atoms with Crippen molar-refractivity contribution in [3.8, 4) is 0 Å². The Morgan fingerprint density at radius 3 is 2.78 bits per heavy atom. The number of esters is 1. The zero-order chi connectivity index (χ0) is 16.0. The highest BCUT2D eigenvalue weighted by Crippen LogP contribution is 2.43. The fourth-order valence-electron chi connectivity index (χ4n) is 5.46. The van der Waals surface area contributed by atoms with Crippen molar-refractivity contribution < 1.29 is 14.3 Å². The average Bonchev–Trinajstić information content (AvgIpc) is 2.55. The van der Waals surface area contributed by atoms with E-state index in [0.29, 0.717) is 36.2 Å². The van der Waals surface area contributed by atoms with Gasteiger partial charge in [-0.3, -0.25) is 14.5 Å². The number of fused-ring (bicyclic) bond motifs is 6. The normalized spacial score (nSPS) is 40.3. The van der Waals surface area contributed by atoms with Gasteiger partial charge in [0.05, 0.1) is 0 Å². The van der Waals surface area contributed by atoms with Gasteiger partial charge in [0, 0.05) is 44.6 Å². The molecule has 0 aromatic carbocycles. The van der Waals surface area contributed by atoms with E-state index in [1.54, 1.807) is 0 Å². The lowest BCUT2D eigenvalue weighted by atomic mass is 9.70. The van der Waals surface area contributed by atoms with E-state index in [4.69, 9.17) is 4.74 Å². The molecular formula is C18H28N2O3. The van der Waals surface area contributed by atoms with E-state index in [9.17, 15) is 9.59 Å². The number of carbonyl (C=O) groups is 2. The van der Waals surface area contributed by atoms with Crippen molar-refractivity contribution in [2.75, 3.05) is 19.6 Å². The first-order valence-corrected chi connectivity index (χ1v) is 9.38. The number of amides is 1. The van der Waals surface area contributed by atoms with Crippen LogP contribution in [0.4, 0.5) is 0 Å². The lowest BCUT2D eigenvalue weighted by Gasteiger charge is -2.57. The summed E-state index contributed by atoms with van der Waals surface area (Å²) in [6.07, 6.45) is 6.88. The number of carbonyl (C=O) groups excluding carboxylic acids is 2. The van der Waals surface area contributed by atoms with Crippen molar-refractivity contribution in [3.05, 3.63) is 0 Å². The molecular weight excluding hydrogens is 292 g/mol. The maximum Gasteiger partial charge on any atom is 0.305 e. The molecule has 4 aliphatic rings. The van der Waals surface area contributed by atoms with E-state index in [1.807, 2.05) is 6.92 Å². The molecule has 5 nitrogen and oxygen atoms in total. The minimum absolute atomic E-state index is 0.0709. The van der Waals surface area contributed by atoms with Crippen LogP contribution in [0.5, 0.6) is 0 Å². The van der Waals surface area contributed by atoms with Gasteiger partial charge in [0.1, 0.15) is 6.10 Å². The lowest BCUT2D eigenvalue weighted by molar-refractivity contribution is -0.160. The summed E-state index contributed by atoms with van der Waals surface area (Å²) in [5.74, 6) is 1.55. The first-order valence-electron chi connectivity index (χ1n) is 9.38. The summed E-state index contributed by atoms with van der Waals surface area (Å²) in [6.45, 7) is 4.79. The third-order valence-corrected chi connectivity index (χ3v) is 6.48. The number of piperidine rings is 4. The van der Waals surface area contributed by atoms with Crippen LogP contribution in [0.1, 0.15) is 51.9 Å². The molecule has 23 heavy (non-hydrogen) atoms. The van der Waals surface area contributed by atoms with Gasteiger partial charge < -0.3 is 9.64 Å². The predicted octanol–water partition coefficient (Wildman–Crippen LogP) is 1.80. The average molecular weight is 320 g/mol. The van der Waals surface area contributed by atoms with Gasteiger partial charge in [-0.05, 0) is 43.9 Å². The molecule has 0 saturated carbocycles. The number of ether oxygens (including phenoxy) is 1. The van der Waals surface area contributed by atoms with Crippen LogP contribution >= 0.6 is 0 Å². The molecule has 4 saturated heterocycles. The Hall–Kier alpha value is -1.10. The van der Waals surface area contributed by atoms with Crippen molar-refractivity contribution in [2.24, 2.45) is 11.8 Å². The van der Waals surface area contributed by atoms with Gasteiger partial charge in [0.15, 0.2) is 0 Å². The van der Waals surface area contributed by atoms with E-state index < -0.39 is 0 Å². The topological polar surface area (TPSA) is 49.9 Å². The molecule has 0 aromatic rings. The molecule has 5 heteroatoms. The SMILES string of the molecule is CCC(=O)O[C@H]1CCC2C3CC(CN2C1)C1CCCC(=O)N1C3. The number of hydrogen-bond acceptors (Lipinski definition) is 4. The quantitative estimate of drug-likeness (QED) is 0.728. The molecule has 2 bridgehead atoms. The number of hydrogen-bond donors (Lipinski definition) is 0. The van der Waals surface area contributed by atoms with E-state index >= 15 is 0 Å². The molecule has 0 aliphatic carbocycles. The molecule has 0 spiro atoms. The Morgan fingerprint density at radius 1 is 1.13 bits per heavy atom. The highest BCUT2D eigenvalue weighted by molar-refractivity contribution is 5.77. The highest BCUT2D eigenvalue weighted by atomic mass is 16.5. The zero-order valence-corrected chi connectivity index (χ0v) is 14.1. The molecule has 4 rings (SSSR count). The Kier molecular flexibility index (Phi) is 4.08. The summed E-state index contributed by atoms with van der Waals surface area (Å²) in [4.78, 5) is 28.6. The molecule has 5 atom stereocenters. The van der Waals surface area contributed by atoms with E-state index in [0.717, 1.165) is 45.3 Å². The van der Waals surface area contributed by atoms with Crippen molar-refractivity contribution in [1.29, 1.82) is 0 Å². The van der Waals surface area contributed by atoms with E-state index in [2.05, 4.69) is 9.80 Å². The zero-order valence-electron chi connectivity index (χ0n) is 14.1. The van der Waals surface area contributed by atoms with Crippen LogP contribution in [0.2, 0.25) is 0 Å². The van der Waals surface area contributed by atoms with Gasteiger partial charge in [0.25, 0.3) is 0 Å². The largest absolute Gasteiger partial charge is 0.461 e. The lowest BCUT2D eigenvalue weighted by Crippen LogP contribution is -2.65. The van der Waals surface area contributed by atoms with Crippen molar-refractivity contribution in [3.63, 3.8) is 0 Å². The van der Waals surface area contributed by atoms with Crippen LogP contribution in [0.15, 0.2) is 0 Å². The molecule has 1 amide bonds. The number of nitrogens with zero attached hydrogens (tertiary/aromatic N) is 2. The first kappa shape index (κ1) is 15.4. The molecule has 4 aliphatic heterocycles. The Balaban J connectivity index is 1.46. The predicted molar refractivity (Wildman–Crippen MR) is 85.7 cm³/mol. The molecule has 4 heterocycles. The second-order valence-corrected chi connectivity index (χ2v) is 7.83. The minimum Gasteiger partial charge on any atom is -0.461 e. The van der Waals surface area contributed by atoms with Crippen molar-refractivity contribution in [1.82, 2.24) is 9.80 Å². The van der Waals surface area contributed by atoms with Gasteiger partial charge >= 0.3 is 5.97 Å². The highest BCUT2D eigenvalue weighted by Gasteiger charge is 2.49. The molecule has 4 fully saturated rings. The summed E-state index contributed by atoms with van der Waals surface area (Å²) in [6, 6.07) is 1.05. The van der Waals surface area contributed by atoms with Crippen molar-refractivity contribution in [2.45, 2.75) is 70.1 Å². The van der Waals surface area contributed by atoms with Gasteiger partial charge in [-0.1, -0.05) is 6.92 Å². The third kappa shape index (κ3) is 2.77. The van der Waals surface area contributed by atoms with Crippen LogP contribution in [0.3, 0.4) is 0 Å². The van der Waals surface area contributed by atoms with Crippen LogP contribution in [-0.4, -0.2) is 59.5 Å². The summed E-state index contributed by atoms with van der Waals surface area (Å²) < 4.78 is 5.59. The Labute approximate surface area is 138 Å². The monoisotopic (exact) mass is 320 g/mol. The first-order chi connectivity index (χ1) is 11.2. The summed E-state index contributed by atoms with van der Waals surface area (Å²) in [5.41, 5.74) is 0. The van der Waals surface area contributed by atoms with Crippen LogP contribution in [0.25, 0.3) is 0 Å². The van der Waals surface area contributed by atoms with Crippen molar-refractivity contribution >= 4 is 11.9 Å². The molecule has 0 N–H and O–H groups in total. The van der Waals surface area contributed by atoms with Gasteiger partial charge in [-0.25, -0.2) is 0 Å². The maximum absolute atomic E-state index is 12.3.